The molecule has 3 N–H and O–H groups in total. The van der Waals surface area contributed by atoms with Crippen LogP contribution in [0.4, 0.5) is 11.4 Å². The zero-order valence-electron chi connectivity index (χ0n) is 10.0. The Morgan fingerprint density at radius 3 is 2.95 bits per heavy atom. The lowest BCUT2D eigenvalue weighted by Gasteiger charge is -2.08. The molecule has 0 aliphatic rings. The highest BCUT2D eigenvalue weighted by Gasteiger charge is 2.16. The molecule has 0 aliphatic heterocycles. The van der Waals surface area contributed by atoms with Crippen molar-refractivity contribution in [1.82, 2.24) is 14.8 Å². The molecular weight excluding hydrogens is 334 g/mol. The van der Waals surface area contributed by atoms with E-state index < -0.39 is 0 Å². The number of halogens is 2. The van der Waals surface area contributed by atoms with Crippen molar-refractivity contribution in [2.75, 3.05) is 11.1 Å². The van der Waals surface area contributed by atoms with Crippen molar-refractivity contribution in [2.45, 2.75) is 13.5 Å². The van der Waals surface area contributed by atoms with Crippen LogP contribution < -0.4 is 11.1 Å². The number of nitrogens with zero attached hydrogens (tertiary/aromatic N) is 3. The van der Waals surface area contributed by atoms with Crippen molar-refractivity contribution >= 4 is 44.8 Å². The monoisotopic (exact) mass is 343 g/mol. The summed E-state index contributed by atoms with van der Waals surface area (Å²) in [6.07, 6.45) is 2.92. The summed E-state index contributed by atoms with van der Waals surface area (Å²) >= 11 is 9.02. The number of nitrogen functional groups attached to an aromatic ring is 1. The standard InChI is InChI=1S/C11H11BrClN5O/c1-2-18-9(8(14)5-16-18)11(19)17-6-3-7(12)10(13)15-4-6/h3-5H,2,14H2,1H3,(H,17,19). The van der Waals surface area contributed by atoms with E-state index >= 15 is 0 Å². The molecule has 0 fully saturated rings. The molecule has 1 amide bonds. The zero-order chi connectivity index (χ0) is 14.0. The zero-order valence-corrected chi connectivity index (χ0v) is 12.4. The van der Waals surface area contributed by atoms with E-state index in [0.717, 1.165) is 0 Å². The topological polar surface area (TPSA) is 85.8 Å². The lowest BCUT2D eigenvalue weighted by atomic mass is 10.3. The van der Waals surface area contributed by atoms with Gasteiger partial charge >= 0.3 is 0 Å². The Morgan fingerprint density at radius 1 is 1.58 bits per heavy atom. The molecule has 0 radical (unpaired) electrons. The molecule has 100 valence electrons. The number of nitrogens with two attached hydrogens (primary N) is 1. The van der Waals surface area contributed by atoms with Crippen LogP contribution in [0.2, 0.25) is 5.15 Å². The number of amides is 1. The van der Waals surface area contributed by atoms with Gasteiger partial charge in [0, 0.05) is 6.54 Å². The summed E-state index contributed by atoms with van der Waals surface area (Å²) in [5.41, 5.74) is 6.91. The van der Waals surface area contributed by atoms with E-state index in [9.17, 15) is 4.79 Å². The van der Waals surface area contributed by atoms with Gasteiger partial charge in [-0.2, -0.15) is 5.10 Å². The molecule has 0 atom stereocenters. The van der Waals surface area contributed by atoms with Gasteiger partial charge in [0.05, 0.1) is 28.2 Å². The van der Waals surface area contributed by atoms with E-state index in [2.05, 4.69) is 31.3 Å². The number of rotatable bonds is 3. The summed E-state index contributed by atoms with van der Waals surface area (Å²) in [6.45, 7) is 2.44. The molecule has 8 heteroatoms. The Bertz CT molecular complexity index is 628. The van der Waals surface area contributed by atoms with Gasteiger partial charge in [-0.25, -0.2) is 4.98 Å². The number of hydrogen-bond donors (Lipinski definition) is 2. The molecule has 2 aromatic heterocycles. The molecule has 0 aromatic carbocycles. The number of carbonyl (C=O) groups is 1. The van der Waals surface area contributed by atoms with Crippen LogP contribution in [0.5, 0.6) is 0 Å². The third-order valence-corrected chi connectivity index (χ3v) is 3.57. The van der Waals surface area contributed by atoms with Gasteiger partial charge in [0.25, 0.3) is 5.91 Å². The molecule has 0 bridgehead atoms. The highest BCUT2D eigenvalue weighted by molar-refractivity contribution is 9.10. The maximum Gasteiger partial charge on any atom is 0.276 e. The summed E-state index contributed by atoms with van der Waals surface area (Å²) in [6, 6.07) is 1.66. The number of pyridine rings is 1. The van der Waals surface area contributed by atoms with Gasteiger partial charge in [-0.05, 0) is 28.9 Å². The molecule has 0 unspecified atom stereocenters. The fraction of sp³-hybridized carbons (Fsp3) is 0.182. The van der Waals surface area contributed by atoms with Crippen molar-refractivity contribution in [3.8, 4) is 0 Å². The van der Waals surface area contributed by atoms with Crippen LogP contribution in [0, 0.1) is 0 Å². The first-order chi connectivity index (χ1) is 9.02. The summed E-state index contributed by atoms with van der Waals surface area (Å²) in [5.74, 6) is -0.340. The Hall–Kier alpha value is -1.60. The van der Waals surface area contributed by atoms with Gasteiger partial charge in [-0.3, -0.25) is 9.48 Å². The second-order valence-electron chi connectivity index (χ2n) is 3.72. The predicted molar refractivity (Wildman–Crippen MR) is 77.2 cm³/mol. The highest BCUT2D eigenvalue weighted by Crippen LogP contribution is 2.23. The van der Waals surface area contributed by atoms with Crippen LogP contribution in [-0.2, 0) is 6.54 Å². The van der Waals surface area contributed by atoms with Crippen LogP contribution in [0.25, 0.3) is 0 Å². The Balaban J connectivity index is 2.25. The van der Waals surface area contributed by atoms with E-state index in [0.29, 0.717) is 33.2 Å². The van der Waals surface area contributed by atoms with Gasteiger partial charge < -0.3 is 11.1 Å². The first kappa shape index (κ1) is 13.8. The first-order valence-electron chi connectivity index (χ1n) is 5.46. The highest BCUT2D eigenvalue weighted by atomic mass is 79.9. The molecule has 2 aromatic rings. The summed E-state index contributed by atoms with van der Waals surface area (Å²) in [5, 5.41) is 7.04. The van der Waals surface area contributed by atoms with Gasteiger partial charge in [-0.15, -0.1) is 0 Å². The number of nitrogens with one attached hydrogen (secondary N) is 1. The second kappa shape index (κ2) is 5.58. The van der Waals surface area contributed by atoms with E-state index in [1.165, 1.54) is 17.1 Å². The SMILES string of the molecule is CCn1ncc(N)c1C(=O)Nc1cnc(Cl)c(Br)c1. The van der Waals surface area contributed by atoms with Crippen molar-refractivity contribution < 1.29 is 4.79 Å². The molecule has 0 aliphatic carbocycles. The van der Waals surface area contributed by atoms with Crippen molar-refractivity contribution in [3.63, 3.8) is 0 Å². The van der Waals surface area contributed by atoms with E-state index in [1.54, 1.807) is 6.07 Å². The van der Waals surface area contributed by atoms with E-state index in [4.69, 9.17) is 17.3 Å². The van der Waals surface area contributed by atoms with Crippen molar-refractivity contribution in [3.05, 3.63) is 33.8 Å². The Labute approximate surface area is 123 Å². The predicted octanol–water partition coefficient (Wildman–Crippen LogP) is 2.55. The number of anilines is 2. The number of hydrogen-bond acceptors (Lipinski definition) is 4. The molecule has 19 heavy (non-hydrogen) atoms. The number of carbonyl (C=O) groups excluding carboxylic acids is 1. The number of aromatic nitrogens is 3. The Morgan fingerprint density at radius 2 is 2.32 bits per heavy atom. The molecular formula is C11H11BrClN5O. The van der Waals surface area contributed by atoms with Gasteiger partial charge in [0.1, 0.15) is 10.8 Å². The minimum Gasteiger partial charge on any atom is -0.396 e. The fourth-order valence-corrected chi connectivity index (χ4v) is 2.02. The van der Waals surface area contributed by atoms with Crippen molar-refractivity contribution in [1.29, 1.82) is 0 Å². The van der Waals surface area contributed by atoms with Crippen LogP contribution in [-0.4, -0.2) is 20.7 Å². The summed E-state index contributed by atoms with van der Waals surface area (Å²) < 4.78 is 2.13. The molecule has 0 saturated carbocycles. The maximum absolute atomic E-state index is 12.1. The Kier molecular flexibility index (Phi) is 4.06. The average molecular weight is 345 g/mol. The van der Waals surface area contributed by atoms with E-state index in [-0.39, 0.29) is 5.91 Å². The maximum atomic E-state index is 12.1. The largest absolute Gasteiger partial charge is 0.396 e. The third-order valence-electron chi connectivity index (χ3n) is 2.44. The minimum absolute atomic E-state index is 0.327. The molecule has 0 saturated heterocycles. The first-order valence-corrected chi connectivity index (χ1v) is 6.63. The molecule has 0 spiro atoms. The van der Waals surface area contributed by atoms with Crippen molar-refractivity contribution in [2.24, 2.45) is 0 Å². The van der Waals surface area contributed by atoms with Crippen LogP contribution in [0.15, 0.2) is 22.9 Å². The minimum atomic E-state index is -0.340. The molecule has 6 nitrogen and oxygen atoms in total. The number of aryl methyl sites for hydroxylation is 1. The summed E-state index contributed by atoms with van der Waals surface area (Å²) in [7, 11) is 0. The lowest BCUT2D eigenvalue weighted by molar-refractivity contribution is 0.101. The van der Waals surface area contributed by atoms with E-state index in [1.807, 2.05) is 6.92 Å². The molecule has 2 rings (SSSR count). The quantitative estimate of drug-likeness (QED) is 0.838. The normalized spacial score (nSPS) is 10.5. The average Bonchev–Trinajstić information content (AvgIpc) is 2.75. The fourth-order valence-electron chi connectivity index (χ4n) is 1.57. The van der Waals surface area contributed by atoms with Crippen LogP contribution in [0.3, 0.4) is 0 Å². The lowest BCUT2D eigenvalue weighted by Crippen LogP contribution is -2.19. The smallest absolute Gasteiger partial charge is 0.276 e. The van der Waals surface area contributed by atoms with Crippen LogP contribution >= 0.6 is 27.5 Å². The van der Waals surface area contributed by atoms with Gasteiger partial charge in [0.2, 0.25) is 0 Å². The third kappa shape index (κ3) is 2.87. The van der Waals surface area contributed by atoms with Gasteiger partial charge in [0.15, 0.2) is 0 Å². The van der Waals surface area contributed by atoms with Crippen LogP contribution in [0.1, 0.15) is 17.4 Å². The second-order valence-corrected chi connectivity index (χ2v) is 4.93. The summed E-state index contributed by atoms with van der Waals surface area (Å²) in [4.78, 5) is 16.1. The van der Waals surface area contributed by atoms with Gasteiger partial charge in [-0.1, -0.05) is 11.6 Å². The molecule has 2 heterocycles.